The van der Waals surface area contributed by atoms with E-state index in [4.69, 9.17) is 0 Å². The molecule has 1 heterocycles. The fourth-order valence-corrected chi connectivity index (χ4v) is 2.39. The smallest absolute Gasteiger partial charge is 0.242 e. The number of carbonyl (C=O) groups is 1. The fourth-order valence-electron chi connectivity index (χ4n) is 2.09. The molecular weight excluding hydrogens is 338 g/mol. The second-order valence-electron chi connectivity index (χ2n) is 6.60. The number of aromatic nitrogens is 3. The van der Waals surface area contributed by atoms with Crippen LogP contribution < -0.4 is 16.0 Å². The Morgan fingerprint density at radius 2 is 2.04 bits per heavy atom. The summed E-state index contributed by atoms with van der Waals surface area (Å²) < 4.78 is 2.01. The number of nitrogens with zero attached hydrogens (tertiary/aromatic N) is 4. The summed E-state index contributed by atoms with van der Waals surface area (Å²) >= 11 is 1.76. The molecule has 0 bridgehead atoms. The van der Waals surface area contributed by atoms with Gasteiger partial charge in [-0.1, -0.05) is 6.92 Å². The van der Waals surface area contributed by atoms with Gasteiger partial charge in [-0.15, -0.1) is 10.2 Å². The van der Waals surface area contributed by atoms with E-state index in [9.17, 15) is 4.79 Å². The van der Waals surface area contributed by atoms with E-state index in [0.29, 0.717) is 12.5 Å². The molecule has 25 heavy (non-hydrogen) atoms. The van der Waals surface area contributed by atoms with Crippen LogP contribution in [0.2, 0.25) is 0 Å². The molecule has 1 amide bonds. The number of carbonyl (C=O) groups excluding carboxylic acids is 1. The zero-order valence-corrected chi connectivity index (χ0v) is 16.7. The van der Waals surface area contributed by atoms with Crippen LogP contribution in [0.3, 0.4) is 0 Å². The van der Waals surface area contributed by atoms with Crippen molar-refractivity contribution in [3.8, 4) is 0 Å². The highest BCUT2D eigenvalue weighted by atomic mass is 32.2. The summed E-state index contributed by atoms with van der Waals surface area (Å²) in [7, 11) is 0. The topological polar surface area (TPSA) is 96.2 Å². The summed E-state index contributed by atoms with van der Waals surface area (Å²) in [5.74, 6) is 2.48. The Kier molecular flexibility index (Phi) is 9.33. The quantitative estimate of drug-likeness (QED) is 0.336. The maximum Gasteiger partial charge on any atom is 0.242 e. The highest BCUT2D eigenvalue weighted by molar-refractivity contribution is 7.98. The molecule has 1 rings (SSSR count). The van der Waals surface area contributed by atoms with Crippen LogP contribution in [0.5, 0.6) is 0 Å². The Labute approximate surface area is 154 Å². The van der Waals surface area contributed by atoms with Crippen molar-refractivity contribution < 1.29 is 4.79 Å². The summed E-state index contributed by atoms with van der Waals surface area (Å²) in [6.45, 7) is 10.2. The first kappa shape index (κ1) is 21.3. The molecule has 0 aliphatic carbocycles. The highest BCUT2D eigenvalue weighted by Crippen LogP contribution is 1.98. The number of amides is 1. The number of guanidine groups is 1. The molecule has 1 aromatic heterocycles. The van der Waals surface area contributed by atoms with Gasteiger partial charge in [-0.3, -0.25) is 4.79 Å². The third-order valence-electron chi connectivity index (χ3n) is 3.15. The van der Waals surface area contributed by atoms with E-state index in [1.165, 1.54) is 0 Å². The molecule has 0 atom stereocenters. The van der Waals surface area contributed by atoms with Crippen molar-refractivity contribution in [2.75, 3.05) is 31.6 Å². The number of hydrogen-bond acceptors (Lipinski definition) is 5. The molecule has 0 aromatic carbocycles. The zero-order valence-electron chi connectivity index (χ0n) is 15.9. The monoisotopic (exact) mass is 369 g/mol. The molecule has 1 aromatic rings. The molecule has 142 valence electrons. The van der Waals surface area contributed by atoms with Gasteiger partial charge in [0, 0.05) is 37.3 Å². The van der Waals surface area contributed by atoms with E-state index in [0.717, 1.165) is 31.1 Å². The SMILES string of the molecule is CCc1nncn1CCNC(=NCC(=O)NC(C)(C)C)NCCSC. The average molecular weight is 370 g/mol. The van der Waals surface area contributed by atoms with Gasteiger partial charge in [0.05, 0.1) is 0 Å². The molecule has 9 heteroatoms. The lowest BCUT2D eigenvalue weighted by atomic mass is 10.1. The van der Waals surface area contributed by atoms with Crippen molar-refractivity contribution in [1.29, 1.82) is 0 Å². The van der Waals surface area contributed by atoms with Crippen LogP contribution in [0.15, 0.2) is 11.3 Å². The summed E-state index contributed by atoms with van der Waals surface area (Å²) in [5, 5.41) is 17.4. The first-order chi connectivity index (χ1) is 11.9. The lowest BCUT2D eigenvalue weighted by Crippen LogP contribution is -2.44. The molecule has 8 nitrogen and oxygen atoms in total. The van der Waals surface area contributed by atoms with Gasteiger partial charge in [0.1, 0.15) is 18.7 Å². The lowest BCUT2D eigenvalue weighted by Gasteiger charge is -2.20. The predicted molar refractivity (Wildman–Crippen MR) is 104 cm³/mol. The average Bonchev–Trinajstić information content (AvgIpc) is 2.98. The summed E-state index contributed by atoms with van der Waals surface area (Å²) in [5.41, 5.74) is -0.253. The van der Waals surface area contributed by atoms with E-state index in [1.54, 1.807) is 18.1 Å². The number of aliphatic imine (C=N–C) groups is 1. The van der Waals surface area contributed by atoms with Crippen molar-refractivity contribution in [1.82, 2.24) is 30.7 Å². The fraction of sp³-hybridized carbons (Fsp3) is 0.750. The summed E-state index contributed by atoms with van der Waals surface area (Å²) in [6.07, 6.45) is 4.64. The van der Waals surface area contributed by atoms with Gasteiger partial charge in [0.15, 0.2) is 5.96 Å². The molecule has 0 unspecified atom stereocenters. The van der Waals surface area contributed by atoms with Crippen LogP contribution >= 0.6 is 11.8 Å². The van der Waals surface area contributed by atoms with Gasteiger partial charge in [0.25, 0.3) is 0 Å². The minimum absolute atomic E-state index is 0.0921. The van der Waals surface area contributed by atoms with E-state index < -0.39 is 0 Å². The third-order valence-corrected chi connectivity index (χ3v) is 3.76. The number of thioether (sulfide) groups is 1. The zero-order chi connectivity index (χ0) is 18.7. The Balaban J connectivity index is 2.53. The molecule has 0 aliphatic heterocycles. The Bertz CT molecular complexity index is 551. The van der Waals surface area contributed by atoms with E-state index >= 15 is 0 Å². The van der Waals surface area contributed by atoms with Crippen molar-refractivity contribution in [2.45, 2.75) is 46.2 Å². The molecule has 3 N–H and O–H groups in total. The van der Waals surface area contributed by atoms with Gasteiger partial charge in [-0.2, -0.15) is 11.8 Å². The molecular formula is C16H31N7OS. The highest BCUT2D eigenvalue weighted by Gasteiger charge is 2.13. The Hall–Kier alpha value is -1.77. The van der Waals surface area contributed by atoms with E-state index in [1.807, 2.05) is 25.3 Å². The standard InChI is InChI=1S/C16H31N7OS/c1-6-13-22-20-12-23(13)9-7-17-15(18-8-10-25-5)19-11-14(24)21-16(2,3)4/h12H,6-11H2,1-5H3,(H,21,24)(H2,17,18,19). The Morgan fingerprint density at radius 3 is 2.68 bits per heavy atom. The first-order valence-corrected chi connectivity index (χ1v) is 9.94. The van der Waals surface area contributed by atoms with Crippen LogP contribution in [0.1, 0.15) is 33.5 Å². The predicted octanol–water partition coefficient (Wildman–Crippen LogP) is 0.653. The number of rotatable bonds is 9. The van der Waals surface area contributed by atoms with Crippen LogP contribution in [0, 0.1) is 0 Å². The van der Waals surface area contributed by atoms with Crippen molar-refractivity contribution in [3.63, 3.8) is 0 Å². The van der Waals surface area contributed by atoms with Crippen LogP contribution in [0.4, 0.5) is 0 Å². The van der Waals surface area contributed by atoms with Crippen molar-refractivity contribution in [2.24, 2.45) is 4.99 Å². The third kappa shape index (κ3) is 9.33. The van der Waals surface area contributed by atoms with Crippen molar-refractivity contribution in [3.05, 3.63) is 12.2 Å². The second kappa shape index (κ2) is 11.0. The van der Waals surface area contributed by atoms with E-state index in [2.05, 4.69) is 44.3 Å². The number of nitrogens with one attached hydrogen (secondary N) is 3. The Morgan fingerprint density at radius 1 is 1.32 bits per heavy atom. The molecule has 0 saturated carbocycles. The minimum atomic E-state index is -0.253. The molecule has 0 radical (unpaired) electrons. The minimum Gasteiger partial charge on any atom is -0.356 e. The van der Waals surface area contributed by atoms with Crippen LogP contribution in [-0.2, 0) is 17.8 Å². The largest absolute Gasteiger partial charge is 0.356 e. The molecule has 0 fully saturated rings. The maximum absolute atomic E-state index is 11.9. The summed E-state index contributed by atoms with van der Waals surface area (Å²) in [4.78, 5) is 16.3. The molecule has 0 spiro atoms. The molecule has 0 aliphatic rings. The lowest BCUT2D eigenvalue weighted by molar-refractivity contribution is -0.121. The normalized spacial score (nSPS) is 12.1. The summed E-state index contributed by atoms with van der Waals surface area (Å²) in [6, 6.07) is 0. The van der Waals surface area contributed by atoms with Gasteiger partial charge >= 0.3 is 0 Å². The second-order valence-corrected chi connectivity index (χ2v) is 7.59. The van der Waals surface area contributed by atoms with Crippen LogP contribution in [0.25, 0.3) is 0 Å². The van der Waals surface area contributed by atoms with Gasteiger partial charge < -0.3 is 20.5 Å². The van der Waals surface area contributed by atoms with Crippen molar-refractivity contribution >= 4 is 23.6 Å². The maximum atomic E-state index is 11.9. The van der Waals surface area contributed by atoms with Gasteiger partial charge in [0.2, 0.25) is 5.91 Å². The molecule has 0 saturated heterocycles. The van der Waals surface area contributed by atoms with E-state index in [-0.39, 0.29) is 18.0 Å². The number of hydrogen-bond donors (Lipinski definition) is 3. The van der Waals surface area contributed by atoms with Gasteiger partial charge in [-0.25, -0.2) is 4.99 Å². The van der Waals surface area contributed by atoms with Crippen LogP contribution in [-0.4, -0.2) is 63.8 Å². The number of aryl methyl sites for hydroxylation is 1. The van der Waals surface area contributed by atoms with Gasteiger partial charge in [-0.05, 0) is 27.0 Å². The first-order valence-electron chi connectivity index (χ1n) is 8.54.